The Balaban J connectivity index is 1.97. The van der Waals surface area contributed by atoms with Crippen LogP contribution in [0.5, 0.6) is 0 Å². The average Bonchev–Trinajstić information content (AvgIpc) is 2.93. The highest BCUT2D eigenvalue weighted by molar-refractivity contribution is 6.14. The first-order valence-electron chi connectivity index (χ1n) is 8.16. The van der Waals surface area contributed by atoms with Gasteiger partial charge in [-0.25, -0.2) is 0 Å². The van der Waals surface area contributed by atoms with Crippen molar-refractivity contribution in [3.63, 3.8) is 0 Å². The van der Waals surface area contributed by atoms with E-state index in [0.29, 0.717) is 5.56 Å². The van der Waals surface area contributed by atoms with Gasteiger partial charge in [-0.05, 0) is 23.3 Å². The average molecular weight is 350 g/mol. The van der Waals surface area contributed by atoms with Crippen molar-refractivity contribution in [2.45, 2.75) is 6.04 Å². The van der Waals surface area contributed by atoms with E-state index in [4.69, 9.17) is 0 Å². The van der Waals surface area contributed by atoms with Crippen molar-refractivity contribution in [1.29, 1.82) is 0 Å². The molecule has 0 spiro atoms. The Morgan fingerprint density at radius 3 is 2.62 bits per heavy atom. The zero-order valence-electron chi connectivity index (χ0n) is 13.9. The number of aliphatic hydroxyl groups excluding tert-OH is 2. The number of hydrogen-bond acceptors (Lipinski definition) is 5. The predicted molar refractivity (Wildman–Crippen MR) is 95.9 cm³/mol. The van der Waals surface area contributed by atoms with Crippen LogP contribution in [0.25, 0.3) is 6.08 Å². The summed E-state index contributed by atoms with van der Waals surface area (Å²) in [5.74, 6) is -1.73. The molecule has 26 heavy (non-hydrogen) atoms. The summed E-state index contributed by atoms with van der Waals surface area (Å²) in [5, 5.41) is 19.5. The number of carbonyl (C=O) groups excluding carboxylic acids is 2. The summed E-state index contributed by atoms with van der Waals surface area (Å²) in [5.41, 5.74) is 1.41. The number of nitrogens with zero attached hydrogens (tertiary/aromatic N) is 2. The van der Waals surface area contributed by atoms with Crippen LogP contribution in [-0.4, -0.2) is 44.9 Å². The lowest BCUT2D eigenvalue weighted by molar-refractivity contribution is -0.129. The van der Waals surface area contributed by atoms with Gasteiger partial charge in [-0.2, -0.15) is 0 Å². The number of hydrogen-bond donors (Lipinski definition) is 2. The molecule has 2 aromatic rings. The number of rotatable bonds is 6. The minimum atomic E-state index is -0.781. The Kier molecular flexibility index (Phi) is 5.24. The van der Waals surface area contributed by atoms with E-state index in [1.807, 2.05) is 30.3 Å². The molecule has 2 heterocycles. The van der Waals surface area contributed by atoms with Crippen LogP contribution in [0.2, 0.25) is 0 Å². The third kappa shape index (κ3) is 3.41. The summed E-state index contributed by atoms with van der Waals surface area (Å²) >= 11 is 0. The van der Waals surface area contributed by atoms with Gasteiger partial charge in [0.25, 0.3) is 5.91 Å². The third-order valence-electron chi connectivity index (χ3n) is 4.14. The summed E-state index contributed by atoms with van der Waals surface area (Å²) in [6.07, 6.45) is 6.08. The molecule has 1 atom stereocenters. The normalized spacial score (nSPS) is 17.3. The lowest BCUT2D eigenvalue weighted by Crippen LogP contribution is -2.33. The minimum absolute atomic E-state index is 0.00162. The van der Waals surface area contributed by atoms with Gasteiger partial charge < -0.3 is 15.1 Å². The van der Waals surface area contributed by atoms with Crippen LogP contribution in [0, 0.1) is 0 Å². The van der Waals surface area contributed by atoms with Crippen LogP contribution in [0.4, 0.5) is 0 Å². The first-order chi connectivity index (χ1) is 12.6. The number of carbonyl (C=O) groups is 2. The monoisotopic (exact) mass is 350 g/mol. The maximum absolute atomic E-state index is 12.7. The molecule has 132 valence electrons. The topological polar surface area (TPSA) is 90.7 Å². The Labute approximate surface area is 150 Å². The minimum Gasteiger partial charge on any atom is -0.503 e. The molecule has 1 unspecified atom stereocenters. The highest BCUT2D eigenvalue weighted by Gasteiger charge is 2.42. The molecule has 0 radical (unpaired) electrons. The van der Waals surface area contributed by atoms with Gasteiger partial charge in [0, 0.05) is 18.9 Å². The Hall–Kier alpha value is -3.25. The van der Waals surface area contributed by atoms with Crippen LogP contribution in [-0.2, 0) is 9.59 Å². The summed E-state index contributed by atoms with van der Waals surface area (Å²) in [6.45, 7) is -0.279. The smallest absolute Gasteiger partial charge is 0.290 e. The van der Waals surface area contributed by atoms with E-state index in [-0.39, 0.29) is 18.7 Å². The summed E-state index contributed by atoms with van der Waals surface area (Å²) in [6, 6.07) is 11.9. The molecule has 6 nitrogen and oxygen atoms in total. The van der Waals surface area contributed by atoms with Crippen molar-refractivity contribution in [3.8, 4) is 0 Å². The van der Waals surface area contributed by atoms with Crippen molar-refractivity contribution in [1.82, 2.24) is 9.88 Å². The molecule has 1 aliphatic rings. The molecule has 1 aromatic heterocycles. The summed E-state index contributed by atoms with van der Waals surface area (Å²) in [4.78, 5) is 30.4. The van der Waals surface area contributed by atoms with E-state index >= 15 is 0 Å². The highest BCUT2D eigenvalue weighted by Crippen LogP contribution is 2.37. The van der Waals surface area contributed by atoms with Gasteiger partial charge in [-0.1, -0.05) is 42.5 Å². The molecular weight excluding hydrogens is 332 g/mol. The lowest BCUT2D eigenvalue weighted by Gasteiger charge is -2.25. The molecule has 0 fully saturated rings. The second-order valence-corrected chi connectivity index (χ2v) is 5.78. The summed E-state index contributed by atoms with van der Waals surface area (Å²) in [7, 11) is 0. The number of aromatic nitrogens is 1. The van der Waals surface area contributed by atoms with E-state index in [2.05, 4.69) is 4.98 Å². The van der Waals surface area contributed by atoms with Crippen LogP contribution in [0.1, 0.15) is 17.2 Å². The molecule has 1 amide bonds. The van der Waals surface area contributed by atoms with Gasteiger partial charge in [0.15, 0.2) is 11.5 Å². The number of allylic oxidation sites excluding steroid dienone is 1. The molecule has 0 bridgehead atoms. The SMILES string of the molecule is O=C(/C=C/c1ccccc1)C1=C(O)C(=O)N(CCO)C1c1cccnc1. The summed E-state index contributed by atoms with van der Waals surface area (Å²) < 4.78 is 0. The van der Waals surface area contributed by atoms with Crippen molar-refractivity contribution in [2.24, 2.45) is 0 Å². The second kappa shape index (κ2) is 7.76. The molecule has 0 saturated heterocycles. The van der Waals surface area contributed by atoms with Crippen LogP contribution < -0.4 is 0 Å². The standard InChI is InChI=1S/C20H18N2O4/c23-12-11-22-18(15-7-4-10-21-13-15)17(19(25)20(22)26)16(24)9-8-14-5-2-1-3-6-14/h1-10,13,18,23,25H,11-12H2/b9-8+. The molecule has 0 aliphatic carbocycles. The Morgan fingerprint density at radius 2 is 1.96 bits per heavy atom. The number of β-amino-alcohol motifs (C(OH)–C–C–N with tert-alkyl or cyclic N) is 1. The van der Waals surface area contributed by atoms with Gasteiger partial charge >= 0.3 is 0 Å². The van der Waals surface area contributed by atoms with Crippen LogP contribution in [0.3, 0.4) is 0 Å². The van der Waals surface area contributed by atoms with Crippen molar-refractivity contribution in [3.05, 3.63) is 83.4 Å². The van der Waals surface area contributed by atoms with E-state index in [9.17, 15) is 19.8 Å². The number of benzene rings is 1. The maximum Gasteiger partial charge on any atom is 0.290 e. The van der Waals surface area contributed by atoms with Gasteiger partial charge in [-0.15, -0.1) is 0 Å². The zero-order chi connectivity index (χ0) is 18.5. The van der Waals surface area contributed by atoms with Gasteiger partial charge in [0.05, 0.1) is 18.2 Å². The lowest BCUT2D eigenvalue weighted by atomic mass is 9.97. The third-order valence-corrected chi connectivity index (χ3v) is 4.14. The molecule has 6 heteroatoms. The van der Waals surface area contributed by atoms with Gasteiger partial charge in [0.1, 0.15) is 0 Å². The van der Waals surface area contributed by atoms with Gasteiger partial charge in [0.2, 0.25) is 0 Å². The highest BCUT2D eigenvalue weighted by atomic mass is 16.3. The van der Waals surface area contributed by atoms with Gasteiger partial charge in [-0.3, -0.25) is 14.6 Å². The Bertz CT molecular complexity index is 860. The molecule has 1 aliphatic heterocycles. The van der Waals surface area contributed by atoms with Crippen LogP contribution in [0.15, 0.2) is 72.3 Å². The van der Waals surface area contributed by atoms with E-state index in [1.165, 1.54) is 17.2 Å². The van der Waals surface area contributed by atoms with E-state index < -0.39 is 23.5 Å². The zero-order valence-corrected chi connectivity index (χ0v) is 13.9. The first-order valence-corrected chi connectivity index (χ1v) is 8.16. The predicted octanol–water partition coefficient (Wildman–Crippen LogP) is 2.05. The maximum atomic E-state index is 12.7. The number of pyridine rings is 1. The van der Waals surface area contributed by atoms with Crippen molar-refractivity contribution in [2.75, 3.05) is 13.2 Å². The molecule has 0 saturated carbocycles. The first kappa shape index (κ1) is 17.6. The van der Waals surface area contributed by atoms with Crippen LogP contribution >= 0.6 is 0 Å². The van der Waals surface area contributed by atoms with E-state index in [0.717, 1.165) is 5.56 Å². The quantitative estimate of drug-likeness (QED) is 0.778. The fraction of sp³-hybridized carbons (Fsp3) is 0.150. The molecule has 3 rings (SSSR count). The molecule has 2 N–H and O–H groups in total. The number of amides is 1. The van der Waals surface area contributed by atoms with E-state index in [1.54, 1.807) is 24.4 Å². The molecule has 1 aromatic carbocycles. The van der Waals surface area contributed by atoms with Crippen molar-refractivity contribution < 1.29 is 19.8 Å². The fourth-order valence-electron chi connectivity index (χ4n) is 2.95. The number of ketones is 1. The number of aliphatic hydroxyl groups is 2. The van der Waals surface area contributed by atoms with Crippen molar-refractivity contribution >= 4 is 17.8 Å². The largest absolute Gasteiger partial charge is 0.503 e. The second-order valence-electron chi connectivity index (χ2n) is 5.78. The Morgan fingerprint density at radius 1 is 1.19 bits per heavy atom. The fourth-order valence-corrected chi connectivity index (χ4v) is 2.95. The molecular formula is C20H18N2O4.